The number of halogens is 2. The second-order valence-corrected chi connectivity index (χ2v) is 6.77. The lowest BCUT2D eigenvalue weighted by Gasteiger charge is -2.24. The zero-order chi connectivity index (χ0) is 18.8. The van der Waals surface area contributed by atoms with Crippen molar-refractivity contribution in [2.45, 2.75) is 31.8 Å². The molecule has 0 saturated heterocycles. The molecule has 0 bridgehead atoms. The van der Waals surface area contributed by atoms with Crippen molar-refractivity contribution in [2.75, 3.05) is 0 Å². The second-order valence-electron chi connectivity index (χ2n) is 6.77. The van der Waals surface area contributed by atoms with Gasteiger partial charge >= 0.3 is 0 Å². The minimum absolute atomic E-state index is 0.0173. The molecule has 6 heteroatoms. The monoisotopic (exact) mass is 367 g/mol. The molecular weight excluding hydrogens is 348 g/mol. The first-order valence-corrected chi connectivity index (χ1v) is 8.95. The predicted molar refractivity (Wildman–Crippen MR) is 97.3 cm³/mol. The van der Waals surface area contributed by atoms with E-state index in [4.69, 9.17) is 0 Å². The molecule has 2 aromatic carbocycles. The average molecular weight is 367 g/mol. The second kappa shape index (κ2) is 7.31. The lowest BCUT2D eigenvalue weighted by molar-refractivity contribution is 0.0931. The van der Waals surface area contributed by atoms with Crippen LogP contribution in [-0.2, 0) is 13.0 Å². The smallest absolute Gasteiger partial charge is 0.251 e. The van der Waals surface area contributed by atoms with E-state index in [9.17, 15) is 13.6 Å². The van der Waals surface area contributed by atoms with Crippen molar-refractivity contribution < 1.29 is 13.6 Å². The summed E-state index contributed by atoms with van der Waals surface area (Å²) in [5.74, 6) is -2.01. The third-order valence-corrected chi connectivity index (χ3v) is 4.87. The predicted octanol–water partition coefficient (Wildman–Crippen LogP) is 4.02. The van der Waals surface area contributed by atoms with E-state index in [0.29, 0.717) is 6.54 Å². The Hall–Kier alpha value is -3.02. The van der Waals surface area contributed by atoms with Crippen LogP contribution in [0.2, 0.25) is 0 Å². The molecule has 1 aromatic heterocycles. The minimum atomic E-state index is -0.764. The number of hydrogen-bond donors (Lipinski definition) is 1. The third-order valence-electron chi connectivity index (χ3n) is 4.87. The van der Waals surface area contributed by atoms with E-state index in [1.54, 1.807) is 6.20 Å². The number of amides is 1. The number of benzene rings is 2. The van der Waals surface area contributed by atoms with Gasteiger partial charge in [-0.2, -0.15) is 5.10 Å². The number of carbonyl (C=O) groups excluding carboxylic acids is 1. The number of fused-ring (bicyclic) bond motifs is 1. The van der Waals surface area contributed by atoms with Gasteiger partial charge in [-0.25, -0.2) is 8.78 Å². The van der Waals surface area contributed by atoms with Crippen LogP contribution in [0.25, 0.3) is 0 Å². The van der Waals surface area contributed by atoms with Crippen LogP contribution in [-0.4, -0.2) is 15.7 Å². The average Bonchev–Trinajstić information content (AvgIpc) is 3.06. The summed E-state index contributed by atoms with van der Waals surface area (Å²) in [6.07, 6.45) is 4.36. The lowest BCUT2D eigenvalue weighted by Crippen LogP contribution is -2.31. The Labute approximate surface area is 155 Å². The van der Waals surface area contributed by atoms with Crippen LogP contribution < -0.4 is 5.32 Å². The van der Waals surface area contributed by atoms with Crippen LogP contribution in [0.5, 0.6) is 0 Å². The first kappa shape index (κ1) is 17.4. The van der Waals surface area contributed by atoms with E-state index < -0.39 is 17.5 Å². The molecule has 1 amide bonds. The highest BCUT2D eigenvalue weighted by Crippen LogP contribution is 2.30. The first-order valence-electron chi connectivity index (χ1n) is 8.95. The molecule has 138 valence electrons. The Kier molecular flexibility index (Phi) is 4.71. The number of rotatable bonds is 4. The standard InChI is InChI=1S/C21H19F2N3O/c22-16-9-15(10-17(23)11-16)21(27)25-19-7-4-8-20-18(19)12-24-26(20)13-14-5-2-1-3-6-14/h1-3,5-6,9-12,19H,4,7-8,13H2,(H,25,27)/t19-/m0/s1. The number of hydrogen-bond acceptors (Lipinski definition) is 2. The molecular formula is C21H19F2N3O. The summed E-state index contributed by atoms with van der Waals surface area (Å²) < 4.78 is 28.7. The van der Waals surface area contributed by atoms with Gasteiger partial charge in [0.15, 0.2) is 0 Å². The van der Waals surface area contributed by atoms with Crippen molar-refractivity contribution in [3.63, 3.8) is 0 Å². The summed E-state index contributed by atoms with van der Waals surface area (Å²) in [6.45, 7) is 0.673. The summed E-state index contributed by atoms with van der Waals surface area (Å²) in [5, 5.41) is 7.39. The van der Waals surface area contributed by atoms with Crippen LogP contribution in [0.15, 0.2) is 54.7 Å². The van der Waals surface area contributed by atoms with Gasteiger partial charge in [0.2, 0.25) is 0 Å². The summed E-state index contributed by atoms with van der Waals surface area (Å²) in [4.78, 5) is 12.5. The molecule has 4 nitrogen and oxygen atoms in total. The van der Waals surface area contributed by atoms with Gasteiger partial charge in [0.25, 0.3) is 5.91 Å². The molecule has 4 rings (SSSR count). The van der Waals surface area contributed by atoms with Gasteiger partial charge in [-0.15, -0.1) is 0 Å². The summed E-state index contributed by atoms with van der Waals surface area (Å²) in [5.41, 5.74) is 3.21. The fraction of sp³-hybridized carbons (Fsp3) is 0.238. The summed E-state index contributed by atoms with van der Waals surface area (Å²) in [6, 6.07) is 12.7. The van der Waals surface area contributed by atoms with Crippen LogP contribution in [0.3, 0.4) is 0 Å². The molecule has 1 N–H and O–H groups in total. The highest BCUT2D eigenvalue weighted by Gasteiger charge is 2.26. The summed E-state index contributed by atoms with van der Waals surface area (Å²) >= 11 is 0. The number of nitrogens with zero attached hydrogens (tertiary/aromatic N) is 2. The fourth-order valence-electron chi connectivity index (χ4n) is 3.59. The molecule has 0 radical (unpaired) electrons. The Morgan fingerprint density at radius 2 is 1.89 bits per heavy atom. The van der Waals surface area contributed by atoms with Crippen molar-refractivity contribution in [1.82, 2.24) is 15.1 Å². The normalized spacial score (nSPS) is 16.0. The minimum Gasteiger partial charge on any atom is -0.345 e. The first-order chi connectivity index (χ1) is 13.1. The fourth-order valence-corrected chi connectivity index (χ4v) is 3.59. The Morgan fingerprint density at radius 1 is 1.15 bits per heavy atom. The number of carbonyl (C=O) groups is 1. The number of aromatic nitrogens is 2. The van der Waals surface area contributed by atoms with Crippen molar-refractivity contribution in [3.8, 4) is 0 Å². The van der Waals surface area contributed by atoms with E-state index >= 15 is 0 Å². The molecule has 0 unspecified atom stereocenters. The molecule has 0 fully saturated rings. The van der Waals surface area contributed by atoms with Gasteiger partial charge in [-0.05, 0) is 37.0 Å². The van der Waals surface area contributed by atoms with Crippen LogP contribution >= 0.6 is 0 Å². The largest absolute Gasteiger partial charge is 0.345 e. The molecule has 0 spiro atoms. The third kappa shape index (κ3) is 3.74. The van der Waals surface area contributed by atoms with Gasteiger partial charge in [-0.1, -0.05) is 30.3 Å². The Morgan fingerprint density at radius 3 is 2.63 bits per heavy atom. The quantitative estimate of drug-likeness (QED) is 0.757. The number of nitrogens with one attached hydrogen (secondary N) is 1. The van der Waals surface area contributed by atoms with Gasteiger partial charge in [0.1, 0.15) is 11.6 Å². The maximum Gasteiger partial charge on any atom is 0.251 e. The van der Waals surface area contributed by atoms with E-state index in [1.807, 2.05) is 22.9 Å². The van der Waals surface area contributed by atoms with Gasteiger partial charge in [-0.3, -0.25) is 9.48 Å². The molecule has 0 aliphatic heterocycles. The molecule has 1 atom stereocenters. The van der Waals surface area contributed by atoms with E-state index in [1.165, 1.54) is 0 Å². The van der Waals surface area contributed by atoms with E-state index in [-0.39, 0.29) is 11.6 Å². The van der Waals surface area contributed by atoms with Crippen molar-refractivity contribution >= 4 is 5.91 Å². The molecule has 1 heterocycles. The zero-order valence-electron chi connectivity index (χ0n) is 14.7. The van der Waals surface area contributed by atoms with E-state index in [2.05, 4.69) is 22.5 Å². The Bertz CT molecular complexity index is 949. The van der Waals surface area contributed by atoms with Gasteiger partial charge in [0, 0.05) is 22.9 Å². The van der Waals surface area contributed by atoms with Crippen molar-refractivity contribution in [2.24, 2.45) is 0 Å². The SMILES string of the molecule is O=C(N[C@H]1CCCc2c1cnn2Cc1ccccc1)c1cc(F)cc(F)c1. The molecule has 1 aliphatic carbocycles. The van der Waals surface area contributed by atoms with Crippen molar-refractivity contribution in [1.29, 1.82) is 0 Å². The molecule has 1 aliphatic rings. The van der Waals surface area contributed by atoms with E-state index in [0.717, 1.165) is 54.3 Å². The Balaban J connectivity index is 1.54. The van der Waals surface area contributed by atoms with Crippen LogP contribution in [0.1, 0.15) is 46.1 Å². The van der Waals surface area contributed by atoms with Gasteiger partial charge in [0.05, 0.1) is 18.8 Å². The molecule has 3 aromatic rings. The van der Waals surface area contributed by atoms with Crippen molar-refractivity contribution in [3.05, 3.63) is 88.7 Å². The topological polar surface area (TPSA) is 46.9 Å². The maximum absolute atomic E-state index is 13.4. The van der Waals surface area contributed by atoms with Crippen LogP contribution in [0.4, 0.5) is 8.78 Å². The molecule has 27 heavy (non-hydrogen) atoms. The zero-order valence-corrected chi connectivity index (χ0v) is 14.7. The highest BCUT2D eigenvalue weighted by atomic mass is 19.1. The molecule has 0 saturated carbocycles. The highest BCUT2D eigenvalue weighted by molar-refractivity contribution is 5.94. The lowest BCUT2D eigenvalue weighted by atomic mass is 9.92. The van der Waals surface area contributed by atoms with Crippen LogP contribution in [0, 0.1) is 11.6 Å². The summed E-state index contributed by atoms with van der Waals surface area (Å²) in [7, 11) is 0. The van der Waals surface area contributed by atoms with Gasteiger partial charge < -0.3 is 5.32 Å². The maximum atomic E-state index is 13.4.